The highest BCUT2D eigenvalue weighted by Gasteiger charge is 2.40. The maximum Gasteiger partial charge on any atom is 0.160 e. The highest BCUT2D eigenvalue weighted by molar-refractivity contribution is 5.93. The number of pyridine rings is 1. The molecule has 0 saturated heterocycles. The Kier molecular flexibility index (Phi) is 9.13. The van der Waals surface area contributed by atoms with Crippen molar-refractivity contribution >= 4 is 0 Å². The normalized spacial score (nSPS) is 14.2. The van der Waals surface area contributed by atoms with Gasteiger partial charge in [-0.25, -0.2) is 9.97 Å². The van der Waals surface area contributed by atoms with E-state index in [1.54, 1.807) is 6.20 Å². The summed E-state index contributed by atoms with van der Waals surface area (Å²) in [6, 6.07) is 57.7. The monoisotopic (exact) mass is 720 g/mol. The molecule has 0 saturated carbocycles. The lowest BCUT2D eigenvalue weighted by molar-refractivity contribution is 0.504. The van der Waals surface area contributed by atoms with Crippen molar-refractivity contribution < 1.29 is 0 Å². The second kappa shape index (κ2) is 14.7. The van der Waals surface area contributed by atoms with Gasteiger partial charge in [0.25, 0.3) is 0 Å². The van der Waals surface area contributed by atoms with E-state index in [4.69, 9.17) is 9.97 Å². The van der Waals surface area contributed by atoms with Crippen LogP contribution in [0.3, 0.4) is 0 Å². The third-order valence-electron chi connectivity index (χ3n) is 11.3. The molecule has 0 fully saturated rings. The van der Waals surface area contributed by atoms with Crippen molar-refractivity contribution in [3.8, 4) is 84.5 Å². The maximum absolute atomic E-state index is 9.75. The molecular weight excluding hydrogens is 681 g/mol. The molecule has 9 rings (SSSR count). The number of nitrogens with zero attached hydrogens (tertiary/aromatic N) is 4. The molecule has 268 valence electrons. The summed E-state index contributed by atoms with van der Waals surface area (Å²) >= 11 is 0. The van der Waals surface area contributed by atoms with E-state index < -0.39 is 0 Å². The van der Waals surface area contributed by atoms with Gasteiger partial charge < -0.3 is 0 Å². The van der Waals surface area contributed by atoms with Gasteiger partial charge >= 0.3 is 0 Å². The minimum Gasteiger partial charge on any atom is -0.264 e. The Morgan fingerprint density at radius 3 is 1.75 bits per heavy atom. The highest BCUT2D eigenvalue weighted by Crippen LogP contribution is 2.54. The van der Waals surface area contributed by atoms with E-state index in [0.717, 1.165) is 75.2 Å². The Bertz CT molecular complexity index is 2710. The second-order valence-corrected chi connectivity index (χ2v) is 14.8. The van der Waals surface area contributed by atoms with Gasteiger partial charge in [0.05, 0.1) is 23.0 Å². The summed E-state index contributed by atoms with van der Waals surface area (Å²) in [6.07, 6.45) is 7.00. The molecule has 0 bridgehead atoms. The van der Waals surface area contributed by atoms with Crippen molar-refractivity contribution in [2.75, 3.05) is 0 Å². The zero-order valence-corrected chi connectivity index (χ0v) is 31.6. The van der Waals surface area contributed by atoms with Crippen molar-refractivity contribution in [2.24, 2.45) is 0 Å². The summed E-state index contributed by atoms with van der Waals surface area (Å²) in [5.74, 6) is 0.695. The third kappa shape index (κ3) is 6.38. The summed E-state index contributed by atoms with van der Waals surface area (Å²) in [7, 11) is 0. The SMILES string of the molecule is CCCCC1(C)c2cc(C#N)ccc2-c2c(-c3ccc(-c4ccc(-c5cc(-c6ccc(-c7cccnc7)cc6)nc(-c6ccccc6)n5)cc4)cc3)cccc21. The van der Waals surface area contributed by atoms with E-state index in [-0.39, 0.29) is 5.41 Å². The summed E-state index contributed by atoms with van der Waals surface area (Å²) in [6.45, 7) is 4.60. The van der Waals surface area contributed by atoms with Crippen molar-refractivity contribution in [1.29, 1.82) is 5.26 Å². The zero-order valence-electron chi connectivity index (χ0n) is 31.6. The number of benzene rings is 6. The van der Waals surface area contributed by atoms with Gasteiger partial charge in [-0.15, -0.1) is 0 Å². The summed E-state index contributed by atoms with van der Waals surface area (Å²) in [4.78, 5) is 14.4. The number of nitriles is 1. The van der Waals surface area contributed by atoms with Crippen LogP contribution < -0.4 is 0 Å². The molecule has 0 amide bonds. The second-order valence-electron chi connectivity index (χ2n) is 14.8. The first-order chi connectivity index (χ1) is 27.5. The Hall–Kier alpha value is -6.96. The van der Waals surface area contributed by atoms with Crippen molar-refractivity contribution in [1.82, 2.24) is 15.0 Å². The molecule has 4 nitrogen and oxygen atoms in total. The number of hydrogen-bond acceptors (Lipinski definition) is 4. The average Bonchev–Trinajstić information content (AvgIpc) is 3.53. The average molecular weight is 721 g/mol. The first-order valence-corrected chi connectivity index (χ1v) is 19.4. The van der Waals surface area contributed by atoms with Crippen LogP contribution in [0.5, 0.6) is 0 Å². The number of hydrogen-bond donors (Lipinski definition) is 0. The van der Waals surface area contributed by atoms with Crippen LogP contribution in [-0.2, 0) is 5.41 Å². The van der Waals surface area contributed by atoms with Crippen LogP contribution in [0.25, 0.3) is 78.4 Å². The molecule has 4 heteroatoms. The molecular formula is C52H40N4. The van der Waals surface area contributed by atoms with Gasteiger partial charge in [-0.3, -0.25) is 4.98 Å². The van der Waals surface area contributed by atoms with Crippen LogP contribution in [0.1, 0.15) is 49.8 Å². The van der Waals surface area contributed by atoms with E-state index >= 15 is 0 Å². The van der Waals surface area contributed by atoms with Gasteiger partial charge in [0.2, 0.25) is 0 Å². The first-order valence-electron chi connectivity index (χ1n) is 19.4. The van der Waals surface area contributed by atoms with Crippen LogP contribution in [-0.4, -0.2) is 15.0 Å². The molecule has 0 aliphatic heterocycles. The van der Waals surface area contributed by atoms with E-state index in [9.17, 15) is 5.26 Å². The fourth-order valence-corrected chi connectivity index (χ4v) is 8.28. The molecule has 1 unspecified atom stereocenters. The molecule has 1 atom stereocenters. The summed E-state index contributed by atoms with van der Waals surface area (Å²) in [5.41, 5.74) is 17.5. The van der Waals surface area contributed by atoms with Crippen LogP contribution in [0.2, 0.25) is 0 Å². The molecule has 0 spiro atoms. The van der Waals surface area contributed by atoms with Gasteiger partial charge in [0.15, 0.2) is 5.82 Å². The molecule has 2 heterocycles. The molecule has 56 heavy (non-hydrogen) atoms. The largest absolute Gasteiger partial charge is 0.264 e. The first kappa shape index (κ1) is 34.8. The Morgan fingerprint density at radius 2 is 1.14 bits per heavy atom. The third-order valence-corrected chi connectivity index (χ3v) is 11.3. The molecule has 1 aliphatic carbocycles. The lowest BCUT2D eigenvalue weighted by Gasteiger charge is -2.27. The quantitative estimate of drug-likeness (QED) is 0.149. The number of aromatic nitrogens is 3. The zero-order chi connectivity index (χ0) is 38.1. The smallest absolute Gasteiger partial charge is 0.160 e. The van der Waals surface area contributed by atoms with Gasteiger partial charge in [-0.05, 0) is 86.3 Å². The predicted octanol–water partition coefficient (Wildman–Crippen LogP) is 13.2. The molecule has 1 aliphatic rings. The summed E-state index contributed by atoms with van der Waals surface area (Å²) in [5, 5.41) is 9.75. The van der Waals surface area contributed by atoms with Crippen LogP contribution in [0, 0.1) is 11.3 Å². The van der Waals surface area contributed by atoms with Gasteiger partial charge in [-0.2, -0.15) is 5.26 Å². The fourth-order valence-electron chi connectivity index (χ4n) is 8.28. The molecule has 6 aromatic carbocycles. The maximum atomic E-state index is 9.75. The predicted molar refractivity (Wildman–Crippen MR) is 229 cm³/mol. The summed E-state index contributed by atoms with van der Waals surface area (Å²) < 4.78 is 0. The molecule has 0 radical (unpaired) electrons. The Morgan fingerprint density at radius 1 is 0.536 bits per heavy atom. The van der Waals surface area contributed by atoms with Gasteiger partial charge in [-0.1, -0.05) is 160 Å². The Labute approximate surface area is 328 Å². The topological polar surface area (TPSA) is 62.5 Å². The van der Waals surface area contributed by atoms with Crippen LogP contribution >= 0.6 is 0 Å². The van der Waals surface area contributed by atoms with Crippen molar-refractivity contribution in [3.05, 3.63) is 187 Å². The number of fused-ring (bicyclic) bond motifs is 3. The van der Waals surface area contributed by atoms with E-state index in [0.29, 0.717) is 5.82 Å². The minimum absolute atomic E-state index is 0.123. The molecule has 8 aromatic rings. The van der Waals surface area contributed by atoms with Crippen molar-refractivity contribution in [3.63, 3.8) is 0 Å². The lowest BCUT2D eigenvalue weighted by Crippen LogP contribution is -2.20. The van der Waals surface area contributed by atoms with Gasteiger partial charge in [0.1, 0.15) is 0 Å². The van der Waals surface area contributed by atoms with Crippen LogP contribution in [0.15, 0.2) is 170 Å². The number of unbranched alkanes of at least 4 members (excludes halogenated alkanes) is 1. The Balaban J connectivity index is 1.03. The van der Waals surface area contributed by atoms with E-state index in [1.165, 1.54) is 33.4 Å². The fraction of sp³-hybridized carbons (Fsp3) is 0.115. The van der Waals surface area contributed by atoms with Crippen molar-refractivity contribution in [2.45, 2.75) is 38.5 Å². The van der Waals surface area contributed by atoms with E-state index in [1.807, 2.05) is 36.5 Å². The standard InChI is InChI=1S/C52H40N4/c1-3-4-29-52(2)46-14-8-13-44(50(46)45-28-15-35(33-53)31-47(45)52)39-22-16-36(17-23-39)37-18-24-40(25-19-37)48-32-49(56-51(55-48)42-10-6-5-7-11-42)41-26-20-38(21-27-41)43-12-9-30-54-34-43/h5-28,30-32,34H,3-4,29H2,1-2H3. The lowest BCUT2D eigenvalue weighted by atomic mass is 9.75. The molecule has 2 aromatic heterocycles. The van der Waals surface area contributed by atoms with Gasteiger partial charge in [0, 0.05) is 34.5 Å². The van der Waals surface area contributed by atoms with Crippen LogP contribution in [0.4, 0.5) is 0 Å². The molecule has 0 N–H and O–H groups in total. The minimum atomic E-state index is -0.123. The van der Waals surface area contributed by atoms with E-state index in [2.05, 4.69) is 152 Å². The highest BCUT2D eigenvalue weighted by atomic mass is 14.9. The number of rotatable bonds is 9.